The van der Waals surface area contributed by atoms with Gasteiger partial charge in [0.1, 0.15) is 11.0 Å². The highest BCUT2D eigenvalue weighted by atomic mass is 32.2. The third kappa shape index (κ3) is 1.48. The van der Waals surface area contributed by atoms with Crippen LogP contribution in [-0.2, 0) is 11.0 Å². The Kier molecular flexibility index (Phi) is 2.27. The van der Waals surface area contributed by atoms with Crippen LogP contribution in [0.15, 0.2) is 23.8 Å². The fraction of sp³-hybridized carbons (Fsp3) is 0.429. The number of nitrogens with zero attached hydrogens (tertiary/aromatic N) is 1. The lowest BCUT2D eigenvalue weighted by Gasteiger charge is -2.22. The molecule has 0 radical (unpaired) electrons. The molecule has 1 heterocycles. The monoisotopic (exact) mass is 157 g/mol. The highest BCUT2D eigenvalue weighted by Crippen LogP contribution is 2.08. The molecule has 0 N–H and O–H groups in total. The van der Waals surface area contributed by atoms with Crippen LogP contribution in [0.5, 0.6) is 0 Å². The van der Waals surface area contributed by atoms with Crippen molar-refractivity contribution in [3.63, 3.8) is 0 Å². The van der Waals surface area contributed by atoms with Crippen molar-refractivity contribution in [2.45, 2.75) is 19.9 Å². The molecule has 0 bridgehead atoms. The van der Waals surface area contributed by atoms with Gasteiger partial charge in [0.2, 0.25) is 0 Å². The number of hydrogen-bond donors (Lipinski definition) is 0. The van der Waals surface area contributed by atoms with E-state index in [0.29, 0.717) is 6.04 Å². The Hall–Kier alpha value is -0.570. The van der Waals surface area contributed by atoms with Crippen LogP contribution in [0.1, 0.15) is 13.8 Å². The molecular weight excluding hydrogens is 146 g/mol. The highest BCUT2D eigenvalue weighted by molar-refractivity contribution is 7.85. The van der Waals surface area contributed by atoms with E-state index in [4.69, 9.17) is 0 Å². The number of hydrogen-bond acceptors (Lipinski definition) is 1. The van der Waals surface area contributed by atoms with Gasteiger partial charge in [0, 0.05) is 17.6 Å². The summed E-state index contributed by atoms with van der Waals surface area (Å²) >= 11 is 0. The van der Waals surface area contributed by atoms with Crippen LogP contribution in [0, 0.1) is 0 Å². The average Bonchev–Trinajstić information content (AvgIpc) is 1.88. The SMILES string of the molecule is CC(C)N1C=CC=CS1=O. The van der Waals surface area contributed by atoms with Crippen molar-refractivity contribution in [3.8, 4) is 0 Å². The van der Waals surface area contributed by atoms with E-state index in [1.807, 2.05) is 26.1 Å². The first-order valence-corrected chi connectivity index (χ1v) is 4.43. The van der Waals surface area contributed by atoms with E-state index in [0.717, 1.165) is 0 Å². The van der Waals surface area contributed by atoms with Crippen LogP contribution in [0.3, 0.4) is 0 Å². The van der Waals surface area contributed by atoms with Gasteiger partial charge in [0.25, 0.3) is 0 Å². The van der Waals surface area contributed by atoms with Crippen molar-refractivity contribution in [2.24, 2.45) is 0 Å². The van der Waals surface area contributed by atoms with Crippen molar-refractivity contribution in [1.82, 2.24) is 4.31 Å². The third-order valence-corrected chi connectivity index (χ3v) is 2.60. The van der Waals surface area contributed by atoms with Gasteiger partial charge in [0.05, 0.1) is 0 Å². The Morgan fingerprint density at radius 3 is 2.50 bits per heavy atom. The Labute approximate surface area is 63.8 Å². The zero-order valence-corrected chi connectivity index (χ0v) is 6.97. The van der Waals surface area contributed by atoms with Crippen molar-refractivity contribution in [2.75, 3.05) is 0 Å². The molecule has 1 aliphatic rings. The minimum atomic E-state index is -0.942. The van der Waals surface area contributed by atoms with Gasteiger partial charge < -0.3 is 0 Å². The molecule has 0 aromatic heterocycles. The second-order valence-corrected chi connectivity index (χ2v) is 3.65. The molecular formula is C7H11NOS. The first-order chi connectivity index (χ1) is 4.72. The third-order valence-electron chi connectivity index (χ3n) is 1.26. The van der Waals surface area contributed by atoms with Crippen LogP contribution in [0.2, 0.25) is 0 Å². The van der Waals surface area contributed by atoms with Crippen molar-refractivity contribution in [1.29, 1.82) is 0 Å². The van der Waals surface area contributed by atoms with E-state index >= 15 is 0 Å². The molecule has 0 aliphatic carbocycles. The predicted octanol–water partition coefficient (Wildman–Crippen LogP) is 1.40. The summed E-state index contributed by atoms with van der Waals surface area (Å²) in [5, 5.41) is 1.68. The summed E-state index contributed by atoms with van der Waals surface area (Å²) in [5.74, 6) is 0. The first-order valence-electron chi connectivity index (χ1n) is 3.26. The predicted molar refractivity (Wildman–Crippen MR) is 43.4 cm³/mol. The van der Waals surface area contributed by atoms with E-state index in [2.05, 4.69) is 0 Å². The van der Waals surface area contributed by atoms with Gasteiger partial charge in [-0.3, -0.25) is 4.31 Å². The molecule has 0 spiro atoms. The maximum atomic E-state index is 11.1. The van der Waals surface area contributed by atoms with Gasteiger partial charge in [-0.05, 0) is 19.9 Å². The minimum Gasteiger partial charge on any atom is -0.293 e. The average molecular weight is 157 g/mol. The fourth-order valence-electron chi connectivity index (χ4n) is 0.757. The second-order valence-electron chi connectivity index (χ2n) is 2.40. The summed E-state index contributed by atoms with van der Waals surface area (Å²) < 4.78 is 12.9. The first kappa shape index (κ1) is 7.54. The zero-order valence-electron chi connectivity index (χ0n) is 6.15. The van der Waals surface area contributed by atoms with Gasteiger partial charge in [-0.15, -0.1) is 0 Å². The van der Waals surface area contributed by atoms with Crippen molar-refractivity contribution >= 4 is 11.0 Å². The van der Waals surface area contributed by atoms with E-state index < -0.39 is 11.0 Å². The smallest absolute Gasteiger partial charge is 0.145 e. The van der Waals surface area contributed by atoms with E-state index in [1.54, 1.807) is 15.8 Å². The lowest BCUT2D eigenvalue weighted by molar-refractivity contribution is 0.484. The summed E-state index contributed by atoms with van der Waals surface area (Å²) in [6, 6.07) is 0.307. The highest BCUT2D eigenvalue weighted by Gasteiger charge is 2.10. The molecule has 0 saturated heterocycles. The molecule has 0 aromatic carbocycles. The molecule has 3 heteroatoms. The lowest BCUT2D eigenvalue weighted by Crippen LogP contribution is -2.27. The van der Waals surface area contributed by atoms with E-state index in [9.17, 15) is 4.21 Å². The topological polar surface area (TPSA) is 20.3 Å². The molecule has 1 rings (SSSR count). The molecule has 10 heavy (non-hydrogen) atoms. The van der Waals surface area contributed by atoms with Crippen LogP contribution < -0.4 is 0 Å². The Morgan fingerprint density at radius 2 is 2.10 bits per heavy atom. The fourth-order valence-corrected chi connectivity index (χ4v) is 1.73. The molecule has 1 atom stereocenters. The van der Waals surface area contributed by atoms with Crippen LogP contribution in [0.25, 0.3) is 0 Å². The Bertz CT molecular complexity index is 196. The Morgan fingerprint density at radius 1 is 1.40 bits per heavy atom. The van der Waals surface area contributed by atoms with Crippen molar-refractivity contribution < 1.29 is 4.21 Å². The number of rotatable bonds is 1. The standard InChI is InChI=1S/C7H11NOS/c1-7(2)8-5-3-4-6-10(8)9/h3-7H,1-2H3. The van der Waals surface area contributed by atoms with E-state index in [-0.39, 0.29) is 0 Å². The molecule has 0 amide bonds. The van der Waals surface area contributed by atoms with Gasteiger partial charge >= 0.3 is 0 Å². The second kappa shape index (κ2) is 3.01. The normalized spacial score (nSPS) is 24.3. The molecule has 1 aliphatic heterocycles. The largest absolute Gasteiger partial charge is 0.293 e. The summed E-state index contributed by atoms with van der Waals surface area (Å²) in [7, 11) is -0.942. The summed E-state index contributed by atoms with van der Waals surface area (Å²) in [5.41, 5.74) is 0. The number of allylic oxidation sites excluding steroid dienone is 2. The van der Waals surface area contributed by atoms with Crippen LogP contribution in [-0.4, -0.2) is 14.6 Å². The van der Waals surface area contributed by atoms with E-state index in [1.165, 1.54) is 0 Å². The van der Waals surface area contributed by atoms with Gasteiger partial charge in [-0.1, -0.05) is 6.08 Å². The lowest BCUT2D eigenvalue weighted by atomic mass is 10.4. The molecule has 0 aromatic rings. The van der Waals surface area contributed by atoms with Gasteiger partial charge in [-0.2, -0.15) is 0 Å². The molecule has 56 valence electrons. The molecule has 0 fully saturated rings. The van der Waals surface area contributed by atoms with Gasteiger partial charge in [0.15, 0.2) is 0 Å². The minimum absolute atomic E-state index is 0.307. The summed E-state index contributed by atoms with van der Waals surface area (Å²) in [6.45, 7) is 4.03. The molecule has 0 saturated carbocycles. The van der Waals surface area contributed by atoms with Crippen molar-refractivity contribution in [3.05, 3.63) is 23.8 Å². The molecule has 2 nitrogen and oxygen atoms in total. The quantitative estimate of drug-likeness (QED) is 0.563. The maximum absolute atomic E-state index is 11.1. The Balaban J connectivity index is 2.70. The zero-order chi connectivity index (χ0) is 7.56. The maximum Gasteiger partial charge on any atom is 0.145 e. The summed E-state index contributed by atoms with van der Waals surface area (Å²) in [4.78, 5) is 0. The van der Waals surface area contributed by atoms with Crippen LogP contribution in [0.4, 0.5) is 0 Å². The summed E-state index contributed by atoms with van der Waals surface area (Å²) in [6.07, 6.45) is 5.54. The molecule has 1 unspecified atom stereocenters. The van der Waals surface area contributed by atoms with Crippen LogP contribution >= 0.6 is 0 Å². The van der Waals surface area contributed by atoms with Gasteiger partial charge in [-0.25, -0.2) is 4.21 Å².